The molecule has 3 rings (SSSR count). The van der Waals surface area contributed by atoms with E-state index in [-0.39, 0.29) is 0 Å². The average Bonchev–Trinajstić information content (AvgIpc) is 2.87. The molecule has 1 fully saturated rings. The summed E-state index contributed by atoms with van der Waals surface area (Å²) in [5.41, 5.74) is 2.80. The molecule has 0 radical (unpaired) electrons. The van der Waals surface area contributed by atoms with Crippen LogP contribution in [0.1, 0.15) is 44.0 Å². The number of aromatic nitrogens is 2. The Morgan fingerprint density at radius 2 is 2.25 bits per heavy atom. The maximum Gasteiger partial charge on any atom is 0.0952 e. The fourth-order valence-corrected chi connectivity index (χ4v) is 2.93. The van der Waals surface area contributed by atoms with Gasteiger partial charge < -0.3 is 9.30 Å². The van der Waals surface area contributed by atoms with Crippen molar-refractivity contribution in [2.24, 2.45) is 0 Å². The Hall–Kier alpha value is -0.830. The van der Waals surface area contributed by atoms with Gasteiger partial charge in [-0.25, -0.2) is 4.98 Å². The highest BCUT2D eigenvalue weighted by molar-refractivity contribution is 5.16. The molecular weight excluding hydrogens is 200 g/mol. The Kier molecular flexibility index (Phi) is 2.72. The summed E-state index contributed by atoms with van der Waals surface area (Å²) < 4.78 is 8.21. The summed E-state index contributed by atoms with van der Waals surface area (Å²) in [6, 6.07) is 0. The van der Waals surface area contributed by atoms with Gasteiger partial charge in [-0.2, -0.15) is 0 Å². The van der Waals surface area contributed by atoms with Crippen molar-refractivity contribution in [2.45, 2.75) is 64.2 Å². The van der Waals surface area contributed by atoms with Crippen molar-refractivity contribution in [2.75, 3.05) is 0 Å². The predicted octanol–water partition coefficient (Wildman–Crippen LogP) is 2.33. The van der Waals surface area contributed by atoms with Crippen molar-refractivity contribution in [3.63, 3.8) is 0 Å². The van der Waals surface area contributed by atoms with E-state index >= 15 is 0 Å². The summed E-state index contributed by atoms with van der Waals surface area (Å²) in [6.45, 7) is 3.18. The molecule has 3 heteroatoms. The lowest BCUT2D eigenvalue weighted by atomic mass is 10.0. The van der Waals surface area contributed by atoms with Crippen LogP contribution in [0.2, 0.25) is 0 Å². The van der Waals surface area contributed by atoms with Gasteiger partial charge in [-0.3, -0.25) is 0 Å². The third-order valence-corrected chi connectivity index (χ3v) is 3.83. The summed E-state index contributed by atoms with van der Waals surface area (Å²) in [6.07, 6.45) is 10.3. The van der Waals surface area contributed by atoms with Gasteiger partial charge >= 0.3 is 0 Å². The zero-order chi connectivity index (χ0) is 11.0. The summed E-state index contributed by atoms with van der Waals surface area (Å²) in [7, 11) is 0. The normalized spacial score (nSPS) is 29.3. The molecule has 0 bridgehead atoms. The molecule has 2 aliphatic rings. The monoisotopic (exact) mass is 220 g/mol. The summed E-state index contributed by atoms with van der Waals surface area (Å²) in [5, 5.41) is 0. The zero-order valence-corrected chi connectivity index (χ0v) is 9.98. The van der Waals surface area contributed by atoms with Crippen molar-refractivity contribution >= 4 is 0 Å². The molecule has 1 aliphatic carbocycles. The van der Waals surface area contributed by atoms with Gasteiger partial charge in [0.25, 0.3) is 0 Å². The standard InChI is InChI=1S/C13H20N2O/c1-10-6-7-11(16-10)8-15-9-14-12-4-2-3-5-13(12)15/h9-11H,2-8H2,1H3. The minimum atomic E-state index is 0.412. The van der Waals surface area contributed by atoms with Crippen LogP contribution in [-0.4, -0.2) is 21.8 Å². The molecule has 1 aromatic rings. The number of imidazole rings is 1. The molecule has 1 aromatic heterocycles. The molecule has 2 unspecified atom stereocenters. The minimum Gasteiger partial charge on any atom is -0.373 e. The van der Waals surface area contributed by atoms with Gasteiger partial charge in [0.15, 0.2) is 0 Å². The Morgan fingerprint density at radius 3 is 3.06 bits per heavy atom. The summed E-state index contributed by atoms with van der Waals surface area (Å²) >= 11 is 0. The van der Waals surface area contributed by atoms with Crippen molar-refractivity contribution in [3.05, 3.63) is 17.7 Å². The van der Waals surface area contributed by atoms with Crippen molar-refractivity contribution in [3.8, 4) is 0 Å². The van der Waals surface area contributed by atoms with Gasteiger partial charge in [0, 0.05) is 5.69 Å². The number of fused-ring (bicyclic) bond motifs is 1. The van der Waals surface area contributed by atoms with Gasteiger partial charge in [-0.05, 0) is 45.4 Å². The minimum absolute atomic E-state index is 0.412. The van der Waals surface area contributed by atoms with Crippen LogP contribution in [0.3, 0.4) is 0 Å². The first kappa shape index (κ1) is 10.3. The number of hydrogen-bond acceptors (Lipinski definition) is 2. The predicted molar refractivity (Wildman–Crippen MR) is 62.4 cm³/mol. The maximum absolute atomic E-state index is 5.88. The van der Waals surface area contributed by atoms with E-state index in [0.29, 0.717) is 12.2 Å². The smallest absolute Gasteiger partial charge is 0.0952 e. The molecule has 0 N–H and O–H groups in total. The Bertz CT molecular complexity index is 372. The first-order valence-electron chi connectivity index (χ1n) is 6.51. The number of aryl methyl sites for hydroxylation is 1. The Balaban J connectivity index is 1.72. The van der Waals surface area contributed by atoms with Gasteiger partial charge in [0.05, 0.1) is 30.8 Å². The van der Waals surface area contributed by atoms with E-state index in [9.17, 15) is 0 Å². The molecule has 16 heavy (non-hydrogen) atoms. The molecule has 1 aliphatic heterocycles. The van der Waals surface area contributed by atoms with Crippen LogP contribution < -0.4 is 0 Å². The lowest BCUT2D eigenvalue weighted by Gasteiger charge is -2.17. The van der Waals surface area contributed by atoms with Gasteiger partial charge in [0.2, 0.25) is 0 Å². The van der Waals surface area contributed by atoms with E-state index in [1.54, 1.807) is 0 Å². The van der Waals surface area contributed by atoms with Crippen LogP contribution >= 0.6 is 0 Å². The molecule has 0 saturated carbocycles. The Labute approximate surface area is 96.8 Å². The molecular formula is C13H20N2O. The number of ether oxygens (including phenoxy) is 1. The fourth-order valence-electron chi connectivity index (χ4n) is 2.93. The molecule has 2 heterocycles. The molecule has 3 nitrogen and oxygen atoms in total. The third-order valence-electron chi connectivity index (χ3n) is 3.83. The molecule has 88 valence electrons. The van der Waals surface area contributed by atoms with Crippen molar-refractivity contribution < 1.29 is 4.74 Å². The largest absolute Gasteiger partial charge is 0.373 e. The maximum atomic E-state index is 5.88. The fraction of sp³-hybridized carbons (Fsp3) is 0.769. The zero-order valence-electron chi connectivity index (χ0n) is 9.98. The van der Waals surface area contributed by atoms with Crippen molar-refractivity contribution in [1.29, 1.82) is 0 Å². The van der Waals surface area contributed by atoms with E-state index < -0.39 is 0 Å². The van der Waals surface area contributed by atoms with E-state index in [1.165, 1.54) is 49.9 Å². The lowest BCUT2D eigenvalue weighted by Crippen LogP contribution is -2.18. The van der Waals surface area contributed by atoms with E-state index in [0.717, 1.165) is 6.54 Å². The second kappa shape index (κ2) is 4.21. The first-order valence-corrected chi connectivity index (χ1v) is 6.51. The molecule has 0 amide bonds. The lowest BCUT2D eigenvalue weighted by molar-refractivity contribution is 0.0453. The molecule has 0 aromatic carbocycles. The second-order valence-electron chi connectivity index (χ2n) is 5.14. The van der Waals surface area contributed by atoms with Crippen LogP contribution in [-0.2, 0) is 24.1 Å². The molecule has 1 saturated heterocycles. The topological polar surface area (TPSA) is 27.1 Å². The van der Waals surface area contributed by atoms with Crippen LogP contribution in [0.5, 0.6) is 0 Å². The Morgan fingerprint density at radius 1 is 1.38 bits per heavy atom. The van der Waals surface area contributed by atoms with E-state index in [4.69, 9.17) is 4.74 Å². The van der Waals surface area contributed by atoms with E-state index in [2.05, 4.69) is 16.5 Å². The highest BCUT2D eigenvalue weighted by Gasteiger charge is 2.24. The second-order valence-corrected chi connectivity index (χ2v) is 5.14. The highest BCUT2D eigenvalue weighted by atomic mass is 16.5. The highest BCUT2D eigenvalue weighted by Crippen LogP contribution is 2.24. The van der Waals surface area contributed by atoms with Crippen LogP contribution in [0.4, 0.5) is 0 Å². The van der Waals surface area contributed by atoms with Gasteiger partial charge in [-0.1, -0.05) is 0 Å². The van der Waals surface area contributed by atoms with E-state index in [1.807, 2.05) is 6.33 Å². The number of hydrogen-bond donors (Lipinski definition) is 0. The van der Waals surface area contributed by atoms with Crippen LogP contribution in [0.15, 0.2) is 6.33 Å². The summed E-state index contributed by atoms with van der Waals surface area (Å²) in [5.74, 6) is 0. The third kappa shape index (κ3) is 1.88. The van der Waals surface area contributed by atoms with Crippen LogP contribution in [0, 0.1) is 0 Å². The van der Waals surface area contributed by atoms with Crippen molar-refractivity contribution in [1.82, 2.24) is 9.55 Å². The molecule has 0 spiro atoms. The summed E-state index contributed by atoms with van der Waals surface area (Å²) in [4.78, 5) is 4.53. The quantitative estimate of drug-likeness (QED) is 0.765. The SMILES string of the molecule is CC1CCC(Cn2cnc3c2CCCC3)O1. The van der Waals surface area contributed by atoms with Crippen LogP contribution in [0.25, 0.3) is 0 Å². The number of rotatable bonds is 2. The molecule has 2 atom stereocenters. The van der Waals surface area contributed by atoms with Gasteiger partial charge in [0.1, 0.15) is 0 Å². The van der Waals surface area contributed by atoms with Gasteiger partial charge in [-0.15, -0.1) is 0 Å². The average molecular weight is 220 g/mol. The first-order chi connectivity index (χ1) is 7.83. The number of nitrogens with zero attached hydrogens (tertiary/aromatic N) is 2.